The summed E-state index contributed by atoms with van der Waals surface area (Å²) in [6.07, 6.45) is 1.62. The van der Waals surface area contributed by atoms with Gasteiger partial charge in [0.1, 0.15) is 11.6 Å². The number of aromatic nitrogens is 2. The van der Waals surface area contributed by atoms with Crippen LogP contribution in [0.3, 0.4) is 0 Å². The predicted octanol–water partition coefficient (Wildman–Crippen LogP) is 3.05. The van der Waals surface area contributed by atoms with Gasteiger partial charge in [-0.15, -0.1) is 0 Å². The average molecular weight is 266 g/mol. The molecule has 1 heterocycles. The summed E-state index contributed by atoms with van der Waals surface area (Å²) in [6.45, 7) is 3.39. The summed E-state index contributed by atoms with van der Waals surface area (Å²) in [6, 6.07) is 6.09. The molecule has 0 atom stereocenters. The first-order chi connectivity index (χ1) is 8.70. The lowest BCUT2D eigenvalue weighted by atomic mass is 10.1. The van der Waals surface area contributed by atoms with Crippen molar-refractivity contribution in [2.75, 3.05) is 6.54 Å². The minimum Gasteiger partial charge on any atom is -0.310 e. The fraction of sp³-hybridized carbons (Fsp3) is 0.231. The fourth-order valence-electron chi connectivity index (χ4n) is 1.56. The molecule has 0 aliphatic heterocycles. The van der Waals surface area contributed by atoms with E-state index in [1.165, 1.54) is 12.1 Å². The molecule has 2 aromatic rings. The second-order valence-electron chi connectivity index (χ2n) is 3.76. The lowest BCUT2D eigenvalue weighted by Gasteiger charge is -2.06. The summed E-state index contributed by atoms with van der Waals surface area (Å²) in [5.74, 6) is 0.293. The highest BCUT2D eigenvalue weighted by Gasteiger charge is 2.08. The maximum atomic E-state index is 13.7. The van der Waals surface area contributed by atoms with Gasteiger partial charge in [-0.1, -0.05) is 18.5 Å². The molecule has 0 radical (unpaired) electrons. The third-order valence-electron chi connectivity index (χ3n) is 2.44. The van der Waals surface area contributed by atoms with Crippen molar-refractivity contribution in [1.29, 1.82) is 0 Å². The molecular formula is C13H13ClFN3. The number of halogens is 2. The summed E-state index contributed by atoms with van der Waals surface area (Å²) in [5.41, 5.74) is 0.931. The first-order valence-corrected chi connectivity index (χ1v) is 6.06. The summed E-state index contributed by atoms with van der Waals surface area (Å²) >= 11 is 5.87. The lowest BCUT2D eigenvalue weighted by Crippen LogP contribution is -2.14. The van der Waals surface area contributed by atoms with Crippen LogP contribution in [0.4, 0.5) is 4.39 Å². The van der Waals surface area contributed by atoms with Crippen molar-refractivity contribution < 1.29 is 4.39 Å². The van der Waals surface area contributed by atoms with E-state index in [2.05, 4.69) is 15.3 Å². The van der Waals surface area contributed by atoms with Crippen molar-refractivity contribution in [3.8, 4) is 11.3 Å². The van der Waals surface area contributed by atoms with Gasteiger partial charge in [-0.25, -0.2) is 14.4 Å². The number of nitrogens with one attached hydrogen (secondary N) is 1. The zero-order valence-electron chi connectivity index (χ0n) is 9.95. The zero-order valence-corrected chi connectivity index (χ0v) is 10.7. The van der Waals surface area contributed by atoms with Gasteiger partial charge in [0, 0.05) is 16.8 Å². The van der Waals surface area contributed by atoms with Crippen LogP contribution < -0.4 is 5.32 Å². The van der Waals surface area contributed by atoms with Crippen molar-refractivity contribution in [3.05, 3.63) is 47.1 Å². The van der Waals surface area contributed by atoms with Crippen LogP contribution in [0.2, 0.25) is 5.02 Å². The standard InChI is InChI=1S/C13H13ClFN3/c1-2-16-8-13-17-6-5-12(18-13)10-7-9(14)3-4-11(10)15/h3-7,16H,2,8H2,1H3. The molecule has 0 spiro atoms. The Bertz CT molecular complexity index is 546. The molecule has 0 fully saturated rings. The van der Waals surface area contributed by atoms with E-state index in [4.69, 9.17) is 11.6 Å². The Balaban J connectivity index is 2.35. The molecule has 94 valence electrons. The molecule has 5 heteroatoms. The Labute approximate surface area is 110 Å². The van der Waals surface area contributed by atoms with E-state index in [0.29, 0.717) is 28.6 Å². The Morgan fingerprint density at radius 1 is 1.33 bits per heavy atom. The molecule has 0 amide bonds. The third-order valence-corrected chi connectivity index (χ3v) is 2.68. The van der Waals surface area contributed by atoms with Crippen LogP contribution in [0, 0.1) is 5.82 Å². The molecule has 0 saturated carbocycles. The SMILES string of the molecule is CCNCc1nccc(-c2cc(Cl)ccc2F)n1. The number of hydrogen-bond donors (Lipinski definition) is 1. The van der Waals surface area contributed by atoms with Crippen molar-refractivity contribution in [2.45, 2.75) is 13.5 Å². The Morgan fingerprint density at radius 3 is 2.94 bits per heavy atom. The number of hydrogen-bond acceptors (Lipinski definition) is 3. The molecule has 0 aliphatic rings. The highest BCUT2D eigenvalue weighted by atomic mass is 35.5. The number of nitrogens with zero attached hydrogens (tertiary/aromatic N) is 2. The maximum Gasteiger partial charge on any atom is 0.142 e. The van der Waals surface area contributed by atoms with Crippen molar-refractivity contribution in [3.63, 3.8) is 0 Å². The van der Waals surface area contributed by atoms with Crippen molar-refractivity contribution in [2.24, 2.45) is 0 Å². The van der Waals surface area contributed by atoms with Gasteiger partial charge in [-0.2, -0.15) is 0 Å². The topological polar surface area (TPSA) is 37.8 Å². The van der Waals surface area contributed by atoms with Gasteiger partial charge in [0.15, 0.2) is 0 Å². The van der Waals surface area contributed by atoms with E-state index in [-0.39, 0.29) is 5.82 Å². The molecule has 1 aromatic heterocycles. The van der Waals surface area contributed by atoms with Gasteiger partial charge < -0.3 is 5.32 Å². The molecule has 1 aromatic carbocycles. The minimum absolute atomic E-state index is 0.340. The highest BCUT2D eigenvalue weighted by Crippen LogP contribution is 2.24. The number of benzene rings is 1. The smallest absolute Gasteiger partial charge is 0.142 e. The maximum absolute atomic E-state index is 13.7. The molecule has 18 heavy (non-hydrogen) atoms. The van der Waals surface area contributed by atoms with Gasteiger partial charge in [-0.05, 0) is 30.8 Å². The monoisotopic (exact) mass is 265 g/mol. The Morgan fingerprint density at radius 2 is 2.17 bits per heavy atom. The largest absolute Gasteiger partial charge is 0.310 e. The van der Waals surface area contributed by atoms with Crippen molar-refractivity contribution >= 4 is 11.6 Å². The van der Waals surface area contributed by atoms with E-state index in [0.717, 1.165) is 6.54 Å². The van der Waals surface area contributed by atoms with Crippen LogP contribution in [0.1, 0.15) is 12.7 Å². The van der Waals surface area contributed by atoms with Crippen LogP contribution >= 0.6 is 11.6 Å². The van der Waals surface area contributed by atoms with Crippen LogP contribution in [0.25, 0.3) is 11.3 Å². The number of rotatable bonds is 4. The first kappa shape index (κ1) is 12.9. The first-order valence-electron chi connectivity index (χ1n) is 5.68. The van der Waals surface area contributed by atoms with Crippen molar-refractivity contribution in [1.82, 2.24) is 15.3 Å². The minimum atomic E-state index is -0.340. The summed E-state index contributed by atoms with van der Waals surface area (Å²) in [7, 11) is 0. The zero-order chi connectivity index (χ0) is 13.0. The van der Waals surface area contributed by atoms with Gasteiger partial charge in [0.05, 0.1) is 12.2 Å². The highest BCUT2D eigenvalue weighted by molar-refractivity contribution is 6.30. The molecule has 0 bridgehead atoms. The lowest BCUT2D eigenvalue weighted by molar-refractivity contribution is 0.630. The van der Waals surface area contributed by atoms with Gasteiger partial charge >= 0.3 is 0 Å². The average Bonchev–Trinajstić information content (AvgIpc) is 2.39. The molecule has 3 nitrogen and oxygen atoms in total. The Hall–Kier alpha value is -1.52. The quantitative estimate of drug-likeness (QED) is 0.923. The van der Waals surface area contributed by atoms with Crippen LogP contribution in [0.15, 0.2) is 30.5 Å². The molecule has 0 aliphatic carbocycles. The second kappa shape index (κ2) is 5.89. The van der Waals surface area contributed by atoms with Gasteiger partial charge in [-0.3, -0.25) is 0 Å². The molecular weight excluding hydrogens is 253 g/mol. The van der Waals surface area contributed by atoms with Crippen LogP contribution in [0.5, 0.6) is 0 Å². The van der Waals surface area contributed by atoms with Crippen LogP contribution in [-0.4, -0.2) is 16.5 Å². The van der Waals surface area contributed by atoms with E-state index in [1.54, 1.807) is 18.3 Å². The summed E-state index contributed by atoms with van der Waals surface area (Å²) in [5, 5.41) is 3.61. The summed E-state index contributed by atoms with van der Waals surface area (Å²) in [4.78, 5) is 8.44. The molecule has 1 N–H and O–H groups in total. The Kier molecular flexibility index (Phi) is 4.23. The van der Waals surface area contributed by atoms with E-state index >= 15 is 0 Å². The second-order valence-corrected chi connectivity index (χ2v) is 4.20. The molecule has 2 rings (SSSR count). The van der Waals surface area contributed by atoms with Gasteiger partial charge in [0.2, 0.25) is 0 Å². The fourth-order valence-corrected chi connectivity index (χ4v) is 1.74. The molecule has 0 saturated heterocycles. The van der Waals surface area contributed by atoms with E-state index in [9.17, 15) is 4.39 Å². The summed E-state index contributed by atoms with van der Waals surface area (Å²) < 4.78 is 13.7. The normalized spacial score (nSPS) is 10.6. The van der Waals surface area contributed by atoms with Crippen LogP contribution in [-0.2, 0) is 6.54 Å². The van der Waals surface area contributed by atoms with Gasteiger partial charge in [0.25, 0.3) is 0 Å². The third kappa shape index (κ3) is 3.03. The predicted molar refractivity (Wildman–Crippen MR) is 69.8 cm³/mol. The van der Waals surface area contributed by atoms with E-state index in [1.807, 2.05) is 6.92 Å². The molecule has 0 unspecified atom stereocenters. The van der Waals surface area contributed by atoms with E-state index < -0.39 is 0 Å².